The van der Waals surface area contributed by atoms with E-state index in [1.54, 1.807) is 30.3 Å². The van der Waals surface area contributed by atoms with Gasteiger partial charge in [0.2, 0.25) is 5.67 Å². The summed E-state index contributed by atoms with van der Waals surface area (Å²) >= 11 is 0. The van der Waals surface area contributed by atoms with Gasteiger partial charge in [0.25, 0.3) is 0 Å². The summed E-state index contributed by atoms with van der Waals surface area (Å²) in [6, 6.07) is 10.5. The number of alkyl halides is 1. The fraction of sp³-hybridized carbons (Fsp3) is 0.389. The van der Waals surface area contributed by atoms with Gasteiger partial charge in [-0.05, 0) is 33.6 Å². The van der Waals surface area contributed by atoms with Crippen molar-refractivity contribution in [1.82, 2.24) is 0 Å². The molecule has 0 spiro atoms. The molecule has 2 heteroatoms. The molecular weight excluding hydrogens is 249 g/mol. The van der Waals surface area contributed by atoms with Gasteiger partial charge in [-0.3, -0.25) is 0 Å². The molecule has 1 unspecified atom stereocenters. The normalized spacial score (nSPS) is 14.2. The molecule has 1 aromatic rings. The highest BCUT2D eigenvalue weighted by molar-refractivity contribution is 5.30. The van der Waals surface area contributed by atoms with Crippen LogP contribution in [0.25, 0.3) is 0 Å². The van der Waals surface area contributed by atoms with Gasteiger partial charge in [-0.2, -0.15) is 5.26 Å². The summed E-state index contributed by atoms with van der Waals surface area (Å²) in [6.07, 6.45) is 5.98. The Morgan fingerprint density at radius 1 is 1.20 bits per heavy atom. The molecule has 0 radical (unpaired) electrons. The summed E-state index contributed by atoms with van der Waals surface area (Å²) in [7, 11) is 0. The molecule has 0 aromatic heterocycles. The summed E-state index contributed by atoms with van der Waals surface area (Å²) in [5.41, 5.74) is 0.907. The van der Waals surface area contributed by atoms with E-state index in [2.05, 4.69) is 19.9 Å². The number of allylic oxidation sites excluding steroid dienone is 4. The second-order valence-corrected chi connectivity index (χ2v) is 5.35. The third-order valence-electron chi connectivity index (χ3n) is 3.23. The van der Waals surface area contributed by atoms with E-state index in [1.165, 1.54) is 5.57 Å². The molecule has 0 saturated heterocycles. The molecule has 0 saturated carbocycles. The monoisotopic (exact) mass is 271 g/mol. The van der Waals surface area contributed by atoms with Crippen LogP contribution < -0.4 is 0 Å². The lowest BCUT2D eigenvalue weighted by Crippen LogP contribution is -2.16. The number of rotatable bonds is 6. The Bertz CT molecular complexity index is 518. The number of hydrogen-bond acceptors (Lipinski definition) is 1. The van der Waals surface area contributed by atoms with Crippen LogP contribution in [0.2, 0.25) is 0 Å². The Balaban J connectivity index is 2.70. The van der Waals surface area contributed by atoms with Crippen molar-refractivity contribution in [3.63, 3.8) is 0 Å². The van der Waals surface area contributed by atoms with E-state index >= 15 is 0 Å². The number of halogens is 1. The molecule has 1 aromatic carbocycles. The number of benzene rings is 1. The van der Waals surface area contributed by atoms with Crippen LogP contribution in [0.3, 0.4) is 0 Å². The van der Waals surface area contributed by atoms with Crippen molar-refractivity contribution in [2.75, 3.05) is 0 Å². The van der Waals surface area contributed by atoms with E-state index < -0.39 is 5.67 Å². The van der Waals surface area contributed by atoms with E-state index in [9.17, 15) is 4.39 Å². The van der Waals surface area contributed by atoms with E-state index in [1.807, 2.05) is 19.1 Å². The number of nitriles is 1. The molecule has 0 aliphatic carbocycles. The largest absolute Gasteiger partial charge is 0.224 e. The first-order valence-electron chi connectivity index (χ1n) is 6.92. The first-order chi connectivity index (χ1) is 9.48. The Morgan fingerprint density at radius 2 is 1.85 bits per heavy atom. The van der Waals surface area contributed by atoms with Crippen molar-refractivity contribution in [1.29, 1.82) is 5.26 Å². The maximum Gasteiger partial charge on any atom is 0.224 e. The molecule has 1 rings (SSSR count). The van der Waals surface area contributed by atoms with Gasteiger partial charge < -0.3 is 0 Å². The van der Waals surface area contributed by atoms with Crippen molar-refractivity contribution in [2.24, 2.45) is 0 Å². The third kappa shape index (κ3) is 5.01. The lowest BCUT2D eigenvalue weighted by atomic mass is 9.92. The average molecular weight is 271 g/mol. The standard InChI is InChI=1S/C18H22FN/c1-15(2)8-7-9-16(3)12-13-18(19,14-20)17-10-5-4-6-11-17/h4-6,8,10-12H,7,9,13H2,1-3H3/b16-12+. The number of hydrogen-bond donors (Lipinski definition) is 0. The highest BCUT2D eigenvalue weighted by Crippen LogP contribution is 2.30. The van der Waals surface area contributed by atoms with Gasteiger partial charge in [-0.15, -0.1) is 0 Å². The van der Waals surface area contributed by atoms with Crippen LogP contribution in [0.15, 0.2) is 53.6 Å². The van der Waals surface area contributed by atoms with Crippen LogP contribution in [-0.4, -0.2) is 0 Å². The van der Waals surface area contributed by atoms with Gasteiger partial charge in [0.05, 0.1) is 0 Å². The van der Waals surface area contributed by atoms with Crippen LogP contribution in [0.4, 0.5) is 4.39 Å². The van der Waals surface area contributed by atoms with Gasteiger partial charge in [-0.25, -0.2) is 4.39 Å². The molecule has 20 heavy (non-hydrogen) atoms. The molecule has 0 N–H and O–H groups in total. The summed E-state index contributed by atoms with van der Waals surface area (Å²) < 4.78 is 14.6. The molecule has 0 fully saturated rings. The highest BCUT2D eigenvalue weighted by Gasteiger charge is 2.30. The summed E-state index contributed by atoms with van der Waals surface area (Å²) in [6.45, 7) is 6.12. The molecule has 106 valence electrons. The van der Waals surface area contributed by atoms with Gasteiger partial charge in [-0.1, -0.05) is 53.6 Å². The predicted molar refractivity (Wildman–Crippen MR) is 81.9 cm³/mol. The third-order valence-corrected chi connectivity index (χ3v) is 3.23. The Kier molecular flexibility index (Phi) is 6.18. The second-order valence-electron chi connectivity index (χ2n) is 5.35. The lowest BCUT2D eigenvalue weighted by molar-refractivity contribution is 0.247. The van der Waals surface area contributed by atoms with Crippen LogP contribution in [0.5, 0.6) is 0 Å². The summed E-state index contributed by atoms with van der Waals surface area (Å²) in [5.74, 6) is 0. The second kappa shape index (κ2) is 7.65. The average Bonchev–Trinajstić information content (AvgIpc) is 2.45. The fourth-order valence-electron chi connectivity index (χ4n) is 1.94. The predicted octanol–water partition coefficient (Wildman–Crippen LogP) is 5.46. The highest BCUT2D eigenvalue weighted by atomic mass is 19.1. The number of nitrogens with zero attached hydrogens (tertiary/aromatic N) is 1. The van der Waals surface area contributed by atoms with Crippen molar-refractivity contribution >= 4 is 0 Å². The van der Waals surface area contributed by atoms with E-state index in [4.69, 9.17) is 5.26 Å². The van der Waals surface area contributed by atoms with Crippen molar-refractivity contribution in [2.45, 2.75) is 45.7 Å². The molecule has 0 aliphatic rings. The van der Waals surface area contributed by atoms with E-state index in [0.29, 0.717) is 5.56 Å². The maximum absolute atomic E-state index is 14.6. The Labute approximate surface area is 121 Å². The fourth-order valence-corrected chi connectivity index (χ4v) is 1.94. The van der Waals surface area contributed by atoms with Gasteiger partial charge in [0.1, 0.15) is 6.07 Å². The minimum Gasteiger partial charge on any atom is -0.222 e. The van der Waals surface area contributed by atoms with Gasteiger partial charge in [0.15, 0.2) is 0 Å². The molecular formula is C18H22FN. The van der Waals surface area contributed by atoms with Crippen LogP contribution >= 0.6 is 0 Å². The lowest BCUT2D eigenvalue weighted by Gasteiger charge is -2.16. The SMILES string of the molecule is CC(C)=CCC/C(C)=C/CC(F)(C#N)c1ccccc1. The Morgan fingerprint density at radius 3 is 2.40 bits per heavy atom. The van der Waals surface area contributed by atoms with Crippen molar-refractivity contribution in [3.05, 3.63) is 59.2 Å². The summed E-state index contributed by atoms with van der Waals surface area (Å²) in [4.78, 5) is 0. The smallest absolute Gasteiger partial charge is 0.222 e. The minimum absolute atomic E-state index is 0.105. The molecule has 0 bridgehead atoms. The molecule has 0 aliphatic heterocycles. The zero-order chi connectivity index (χ0) is 15.0. The maximum atomic E-state index is 14.6. The van der Waals surface area contributed by atoms with Crippen molar-refractivity contribution in [3.8, 4) is 6.07 Å². The topological polar surface area (TPSA) is 23.8 Å². The van der Waals surface area contributed by atoms with Crippen LogP contribution in [0, 0.1) is 11.3 Å². The molecule has 0 amide bonds. The van der Waals surface area contributed by atoms with Crippen LogP contribution in [-0.2, 0) is 5.67 Å². The van der Waals surface area contributed by atoms with Crippen molar-refractivity contribution < 1.29 is 4.39 Å². The van der Waals surface area contributed by atoms with E-state index in [-0.39, 0.29) is 6.42 Å². The minimum atomic E-state index is -1.93. The zero-order valence-electron chi connectivity index (χ0n) is 12.5. The van der Waals surface area contributed by atoms with Crippen LogP contribution in [0.1, 0.15) is 45.6 Å². The van der Waals surface area contributed by atoms with Gasteiger partial charge >= 0.3 is 0 Å². The molecule has 1 atom stereocenters. The Hall–Kier alpha value is -1.88. The first kappa shape index (κ1) is 16.2. The molecule has 0 heterocycles. The summed E-state index contributed by atoms with van der Waals surface area (Å²) in [5, 5.41) is 9.14. The van der Waals surface area contributed by atoms with E-state index in [0.717, 1.165) is 18.4 Å². The first-order valence-corrected chi connectivity index (χ1v) is 6.92. The quantitative estimate of drug-likeness (QED) is 0.630. The zero-order valence-corrected chi connectivity index (χ0v) is 12.5. The van der Waals surface area contributed by atoms with Gasteiger partial charge in [0, 0.05) is 12.0 Å². The molecule has 1 nitrogen and oxygen atoms in total.